The average Bonchev–Trinajstić information content (AvgIpc) is 2.50. The summed E-state index contributed by atoms with van der Waals surface area (Å²) in [7, 11) is -7.83. The fraction of sp³-hybridized carbons (Fsp3) is 0.625. The Morgan fingerprint density at radius 1 is 1.00 bits per heavy atom. The average molecular weight is 497 g/mol. The molecule has 0 saturated heterocycles. The number of sulfonamides is 1. The van der Waals surface area contributed by atoms with Gasteiger partial charge in [0.1, 0.15) is 0 Å². The number of hydrogen-bond donors (Lipinski definition) is 1. The van der Waals surface area contributed by atoms with E-state index in [9.17, 15) is 13.0 Å². The van der Waals surface area contributed by atoms with E-state index in [1.54, 1.807) is 46.8 Å². The second-order valence-electron chi connectivity index (χ2n) is 6.57. The number of rotatable bonds is 9. The molecule has 0 aliphatic heterocycles. The van der Waals surface area contributed by atoms with Gasteiger partial charge < -0.3 is 13.8 Å². The van der Waals surface area contributed by atoms with Crippen molar-refractivity contribution in [2.45, 2.75) is 61.0 Å². The Labute approximate surface area is 181 Å². The summed E-state index contributed by atoms with van der Waals surface area (Å²) in [5.41, 5.74) is -1.81. The molecule has 1 rings (SSSR count). The van der Waals surface area contributed by atoms with Crippen LogP contribution in [0.15, 0.2) is 29.2 Å². The normalized spacial score (nSPS) is 15.8. The van der Waals surface area contributed by atoms with Gasteiger partial charge >= 0.3 is 7.60 Å². The SMILES string of the molecule is COC(NS(=O)(=O)c1ccc(C)cc1)(C(Cl)(Cl)Cl)P(=O)(OC(C)C)OC(C)C. The van der Waals surface area contributed by atoms with Crippen molar-refractivity contribution in [3.63, 3.8) is 0 Å². The van der Waals surface area contributed by atoms with Gasteiger partial charge in [0.25, 0.3) is 5.47 Å². The molecule has 1 N–H and O–H groups in total. The zero-order chi connectivity index (χ0) is 22.0. The lowest BCUT2D eigenvalue weighted by atomic mass is 10.2. The molecular formula is C16H25Cl3NO6PS. The first-order chi connectivity index (χ1) is 12.6. The molecule has 12 heteroatoms. The maximum absolute atomic E-state index is 13.7. The van der Waals surface area contributed by atoms with Crippen molar-refractivity contribution >= 4 is 52.4 Å². The molecule has 0 amide bonds. The predicted molar refractivity (Wildman–Crippen MR) is 112 cm³/mol. The lowest BCUT2D eigenvalue weighted by Gasteiger charge is -2.42. The van der Waals surface area contributed by atoms with E-state index in [-0.39, 0.29) is 4.90 Å². The second-order valence-corrected chi connectivity index (χ2v) is 12.6. The molecule has 0 fully saturated rings. The minimum absolute atomic E-state index is 0.144. The van der Waals surface area contributed by atoms with Gasteiger partial charge in [-0.05, 0) is 46.8 Å². The fourth-order valence-electron chi connectivity index (χ4n) is 2.23. The molecule has 1 aromatic carbocycles. The molecule has 0 saturated carbocycles. The highest BCUT2D eigenvalue weighted by molar-refractivity contribution is 7.90. The highest BCUT2D eigenvalue weighted by atomic mass is 35.6. The zero-order valence-electron chi connectivity index (χ0n) is 16.4. The number of benzene rings is 1. The van der Waals surface area contributed by atoms with E-state index in [1.807, 2.05) is 0 Å². The largest absolute Gasteiger partial charge is 0.383 e. The molecule has 0 aromatic heterocycles. The van der Waals surface area contributed by atoms with E-state index in [0.29, 0.717) is 0 Å². The molecule has 0 heterocycles. The number of aryl methyl sites for hydroxylation is 1. The maximum atomic E-state index is 13.7. The van der Waals surface area contributed by atoms with Crippen LogP contribution in [-0.2, 0) is 28.4 Å². The van der Waals surface area contributed by atoms with Gasteiger partial charge in [-0.15, -0.1) is 0 Å². The Bertz CT molecular complexity index is 797. The number of ether oxygens (including phenoxy) is 1. The Kier molecular flexibility index (Phi) is 8.87. The number of nitrogens with one attached hydrogen (secondary N) is 1. The molecule has 1 unspecified atom stereocenters. The summed E-state index contributed by atoms with van der Waals surface area (Å²) in [4.78, 5) is -0.144. The molecule has 7 nitrogen and oxygen atoms in total. The first-order valence-electron chi connectivity index (χ1n) is 8.29. The summed E-state index contributed by atoms with van der Waals surface area (Å²) in [6.45, 7) is 8.09. The van der Waals surface area contributed by atoms with E-state index in [1.165, 1.54) is 12.1 Å². The molecule has 0 aliphatic rings. The Morgan fingerprint density at radius 3 is 1.75 bits per heavy atom. The summed E-state index contributed by atoms with van der Waals surface area (Å²) in [5, 5.41) is 0. The van der Waals surface area contributed by atoms with Crippen LogP contribution in [0.2, 0.25) is 0 Å². The van der Waals surface area contributed by atoms with Crippen LogP contribution in [0.3, 0.4) is 0 Å². The smallest absolute Gasteiger partial charge is 0.349 e. The third kappa shape index (κ3) is 5.84. The lowest BCUT2D eigenvalue weighted by Crippen LogP contribution is -2.59. The molecule has 0 radical (unpaired) electrons. The molecule has 28 heavy (non-hydrogen) atoms. The van der Waals surface area contributed by atoms with Crippen LogP contribution in [-0.4, -0.2) is 37.0 Å². The van der Waals surface area contributed by atoms with Crippen LogP contribution in [0.1, 0.15) is 33.3 Å². The first-order valence-corrected chi connectivity index (χ1v) is 12.5. The maximum Gasteiger partial charge on any atom is 0.383 e. The number of methoxy groups -OCH3 is 1. The summed E-state index contributed by atoms with van der Waals surface area (Å²) >= 11 is 18.2. The van der Waals surface area contributed by atoms with Gasteiger partial charge in [0.05, 0.1) is 17.1 Å². The van der Waals surface area contributed by atoms with Crippen LogP contribution in [0, 0.1) is 6.92 Å². The third-order valence-electron chi connectivity index (χ3n) is 3.37. The second kappa shape index (κ2) is 9.50. The van der Waals surface area contributed by atoms with Crippen molar-refractivity contribution in [3.8, 4) is 0 Å². The summed E-state index contributed by atoms with van der Waals surface area (Å²) in [6.07, 6.45) is -1.31. The van der Waals surface area contributed by atoms with Crippen LogP contribution in [0.25, 0.3) is 0 Å². The van der Waals surface area contributed by atoms with Crippen molar-refractivity contribution in [2.75, 3.05) is 7.11 Å². The van der Waals surface area contributed by atoms with E-state index in [2.05, 4.69) is 4.72 Å². The van der Waals surface area contributed by atoms with E-state index in [0.717, 1.165) is 12.7 Å². The van der Waals surface area contributed by atoms with Gasteiger partial charge in [-0.3, -0.25) is 4.57 Å². The molecular weight excluding hydrogens is 472 g/mol. The number of hydrogen-bond acceptors (Lipinski definition) is 6. The Morgan fingerprint density at radius 2 is 1.43 bits per heavy atom. The lowest BCUT2D eigenvalue weighted by molar-refractivity contribution is 0.00453. The van der Waals surface area contributed by atoms with E-state index >= 15 is 0 Å². The minimum atomic E-state index is -4.53. The monoisotopic (exact) mass is 495 g/mol. The molecule has 1 atom stereocenters. The topological polar surface area (TPSA) is 90.9 Å². The number of alkyl halides is 3. The van der Waals surface area contributed by atoms with Crippen molar-refractivity contribution in [2.24, 2.45) is 0 Å². The Balaban J connectivity index is 3.65. The highest BCUT2D eigenvalue weighted by Gasteiger charge is 2.67. The van der Waals surface area contributed by atoms with Crippen molar-refractivity contribution in [1.29, 1.82) is 0 Å². The van der Waals surface area contributed by atoms with Crippen molar-refractivity contribution in [1.82, 2.24) is 4.72 Å². The van der Waals surface area contributed by atoms with Crippen LogP contribution < -0.4 is 4.72 Å². The molecule has 0 spiro atoms. The highest BCUT2D eigenvalue weighted by Crippen LogP contribution is 2.68. The fourth-order valence-corrected chi connectivity index (χ4v) is 7.71. The summed E-state index contributed by atoms with van der Waals surface area (Å²) in [6, 6.07) is 5.89. The van der Waals surface area contributed by atoms with Gasteiger partial charge in [-0.1, -0.05) is 52.5 Å². The van der Waals surface area contributed by atoms with Crippen molar-refractivity contribution in [3.05, 3.63) is 29.8 Å². The van der Waals surface area contributed by atoms with Crippen molar-refractivity contribution < 1.29 is 26.8 Å². The zero-order valence-corrected chi connectivity index (χ0v) is 20.4. The van der Waals surface area contributed by atoms with Gasteiger partial charge in [0.15, 0.2) is 0 Å². The molecule has 0 bridgehead atoms. The van der Waals surface area contributed by atoms with Gasteiger partial charge in [-0.25, -0.2) is 8.42 Å². The molecule has 1 aromatic rings. The third-order valence-corrected chi connectivity index (χ3v) is 8.96. The Hall–Kier alpha value is 0.110. The standard InChI is InChI=1S/C16H25Cl3NO6PS/c1-11(2)25-27(21,26-12(3)4)16(24-6,15(17,18)19)20-28(22,23)14-9-7-13(5)8-10-14/h7-12,20H,1-6H3. The summed E-state index contributed by atoms with van der Waals surface area (Å²) in [5.74, 6) is 0. The van der Waals surface area contributed by atoms with Crippen LogP contribution >= 0.6 is 42.4 Å². The first kappa shape index (κ1) is 26.1. The van der Waals surface area contributed by atoms with Gasteiger partial charge in [0, 0.05) is 7.11 Å². The number of halogens is 3. The predicted octanol–water partition coefficient (Wildman–Crippen LogP) is 4.99. The quantitative estimate of drug-likeness (QED) is 0.294. The summed E-state index contributed by atoms with van der Waals surface area (Å²) < 4.78 is 55.5. The van der Waals surface area contributed by atoms with Gasteiger partial charge in [0.2, 0.25) is 13.8 Å². The van der Waals surface area contributed by atoms with E-state index < -0.39 is 39.1 Å². The molecule has 0 aliphatic carbocycles. The van der Waals surface area contributed by atoms with E-state index in [4.69, 9.17) is 48.6 Å². The minimum Gasteiger partial charge on any atom is -0.349 e. The van der Waals surface area contributed by atoms with Crippen LogP contribution in [0.4, 0.5) is 0 Å². The van der Waals surface area contributed by atoms with Gasteiger partial charge in [-0.2, -0.15) is 4.72 Å². The molecule has 162 valence electrons. The van der Waals surface area contributed by atoms with Crippen LogP contribution in [0.5, 0.6) is 0 Å².